The van der Waals surface area contributed by atoms with Gasteiger partial charge in [0, 0.05) is 12.7 Å². The predicted molar refractivity (Wildman–Crippen MR) is 63.3 cm³/mol. The molecule has 6 nitrogen and oxygen atoms in total. The van der Waals surface area contributed by atoms with Crippen molar-refractivity contribution in [3.05, 3.63) is 28.6 Å². The SMILES string of the molecule is O=[N+]([O-])c1cnccc1N1CCCC(O)(C(F)(F)F)C1. The van der Waals surface area contributed by atoms with Crippen molar-refractivity contribution in [3.63, 3.8) is 0 Å². The van der Waals surface area contributed by atoms with Crippen LogP contribution in [0.15, 0.2) is 18.5 Å². The zero-order valence-corrected chi connectivity index (χ0v) is 10.3. The number of alkyl halides is 3. The van der Waals surface area contributed by atoms with Gasteiger partial charge in [-0.3, -0.25) is 15.1 Å². The largest absolute Gasteiger partial charge is 0.418 e. The van der Waals surface area contributed by atoms with Gasteiger partial charge in [-0.05, 0) is 18.9 Å². The molecule has 1 fully saturated rings. The summed E-state index contributed by atoms with van der Waals surface area (Å²) in [7, 11) is 0. The van der Waals surface area contributed by atoms with Crippen molar-refractivity contribution in [2.45, 2.75) is 24.6 Å². The summed E-state index contributed by atoms with van der Waals surface area (Å²) in [4.78, 5) is 14.9. The molecule has 0 saturated carbocycles. The van der Waals surface area contributed by atoms with Crippen molar-refractivity contribution in [2.24, 2.45) is 0 Å². The summed E-state index contributed by atoms with van der Waals surface area (Å²) in [5.74, 6) is 0. The standard InChI is InChI=1S/C11H12F3N3O3/c12-11(13,14)10(18)3-1-5-16(7-10)8-2-4-15-6-9(8)17(19)20/h2,4,6,18H,1,3,5,7H2. The van der Waals surface area contributed by atoms with Gasteiger partial charge in [0.1, 0.15) is 11.9 Å². The molecule has 0 bridgehead atoms. The van der Waals surface area contributed by atoms with Crippen molar-refractivity contribution < 1.29 is 23.2 Å². The molecule has 1 atom stereocenters. The molecular weight excluding hydrogens is 279 g/mol. The lowest BCUT2D eigenvalue weighted by atomic mass is 9.92. The van der Waals surface area contributed by atoms with Crippen LogP contribution in [0.25, 0.3) is 0 Å². The Balaban J connectivity index is 2.33. The number of pyridine rings is 1. The quantitative estimate of drug-likeness (QED) is 0.665. The van der Waals surface area contributed by atoms with E-state index in [0.29, 0.717) is 0 Å². The van der Waals surface area contributed by atoms with Crippen molar-refractivity contribution in [2.75, 3.05) is 18.0 Å². The Labute approximate surface area is 112 Å². The lowest BCUT2D eigenvalue weighted by Crippen LogP contribution is -2.57. The third-order valence-electron chi connectivity index (χ3n) is 3.31. The molecule has 20 heavy (non-hydrogen) atoms. The summed E-state index contributed by atoms with van der Waals surface area (Å²) >= 11 is 0. The third-order valence-corrected chi connectivity index (χ3v) is 3.31. The number of β-amino-alcohol motifs (C(OH)–C–C–N with tert-alkyl or cyclic N) is 1. The maximum atomic E-state index is 12.9. The van der Waals surface area contributed by atoms with Crippen LogP contribution in [0.1, 0.15) is 12.8 Å². The molecule has 1 N–H and O–H groups in total. The van der Waals surface area contributed by atoms with Crippen LogP contribution in [0, 0.1) is 10.1 Å². The van der Waals surface area contributed by atoms with Crippen LogP contribution in [0.2, 0.25) is 0 Å². The molecule has 110 valence electrons. The van der Waals surface area contributed by atoms with Gasteiger partial charge in [0.05, 0.1) is 11.5 Å². The molecule has 1 aromatic heterocycles. The van der Waals surface area contributed by atoms with Crippen LogP contribution < -0.4 is 4.90 Å². The Morgan fingerprint density at radius 1 is 1.50 bits per heavy atom. The summed E-state index contributed by atoms with van der Waals surface area (Å²) < 4.78 is 38.6. The molecule has 0 radical (unpaired) electrons. The maximum Gasteiger partial charge on any atom is 0.418 e. The highest BCUT2D eigenvalue weighted by Gasteiger charge is 2.55. The number of aromatic nitrogens is 1. The maximum absolute atomic E-state index is 12.9. The Kier molecular flexibility index (Phi) is 3.55. The van der Waals surface area contributed by atoms with E-state index in [1.807, 2.05) is 0 Å². The van der Waals surface area contributed by atoms with Gasteiger partial charge in [-0.25, -0.2) is 0 Å². The van der Waals surface area contributed by atoms with Gasteiger partial charge in [0.25, 0.3) is 0 Å². The number of nitro groups is 1. The van der Waals surface area contributed by atoms with Crippen molar-refractivity contribution in [1.29, 1.82) is 0 Å². The fourth-order valence-electron chi connectivity index (χ4n) is 2.26. The summed E-state index contributed by atoms with van der Waals surface area (Å²) in [6, 6.07) is 1.28. The van der Waals surface area contributed by atoms with Crippen molar-refractivity contribution in [1.82, 2.24) is 4.98 Å². The van der Waals surface area contributed by atoms with Crippen molar-refractivity contribution in [3.8, 4) is 0 Å². The number of rotatable bonds is 2. The number of aliphatic hydroxyl groups is 1. The number of piperidine rings is 1. The lowest BCUT2D eigenvalue weighted by molar-refractivity contribution is -0.384. The average molecular weight is 291 g/mol. The zero-order chi connectivity index (χ0) is 15.0. The van der Waals surface area contributed by atoms with E-state index in [9.17, 15) is 28.4 Å². The number of hydrogen-bond acceptors (Lipinski definition) is 5. The van der Waals surface area contributed by atoms with Crippen LogP contribution in [0.5, 0.6) is 0 Å². The second kappa shape index (κ2) is 4.89. The van der Waals surface area contributed by atoms with Crippen LogP contribution in [0.4, 0.5) is 24.5 Å². The number of nitrogens with zero attached hydrogens (tertiary/aromatic N) is 3. The summed E-state index contributed by atoms with van der Waals surface area (Å²) in [6.07, 6.45) is -2.84. The predicted octanol–water partition coefficient (Wildman–Crippen LogP) is 1.88. The van der Waals surface area contributed by atoms with Gasteiger partial charge in [-0.2, -0.15) is 13.2 Å². The van der Waals surface area contributed by atoms with Gasteiger partial charge in [0.15, 0.2) is 5.60 Å². The van der Waals surface area contributed by atoms with E-state index in [2.05, 4.69) is 4.98 Å². The van der Waals surface area contributed by atoms with E-state index in [1.54, 1.807) is 0 Å². The van der Waals surface area contributed by atoms with E-state index in [1.165, 1.54) is 17.2 Å². The van der Waals surface area contributed by atoms with Crippen LogP contribution in [0.3, 0.4) is 0 Å². The molecule has 1 aromatic rings. The van der Waals surface area contributed by atoms with E-state index in [-0.39, 0.29) is 24.3 Å². The second-order valence-electron chi connectivity index (χ2n) is 4.68. The minimum absolute atomic E-state index is 0.0346. The highest BCUT2D eigenvalue weighted by Crippen LogP contribution is 2.39. The number of anilines is 1. The molecule has 1 aliphatic heterocycles. The first-order valence-corrected chi connectivity index (χ1v) is 5.87. The van der Waals surface area contributed by atoms with E-state index in [4.69, 9.17) is 0 Å². The van der Waals surface area contributed by atoms with E-state index < -0.39 is 29.7 Å². The van der Waals surface area contributed by atoms with Gasteiger partial charge < -0.3 is 10.0 Å². The first kappa shape index (κ1) is 14.5. The van der Waals surface area contributed by atoms with Crippen LogP contribution in [-0.4, -0.2) is 39.9 Å². The Morgan fingerprint density at radius 2 is 2.20 bits per heavy atom. The minimum atomic E-state index is -4.77. The van der Waals surface area contributed by atoms with Crippen LogP contribution >= 0.6 is 0 Å². The van der Waals surface area contributed by atoms with Crippen molar-refractivity contribution >= 4 is 11.4 Å². The average Bonchev–Trinajstić information content (AvgIpc) is 2.37. The smallest absolute Gasteiger partial charge is 0.379 e. The third kappa shape index (κ3) is 2.53. The first-order chi connectivity index (χ1) is 9.24. The normalized spacial score (nSPS) is 23.7. The first-order valence-electron chi connectivity index (χ1n) is 5.87. The topological polar surface area (TPSA) is 79.5 Å². The van der Waals surface area contributed by atoms with Gasteiger partial charge >= 0.3 is 11.9 Å². The molecule has 1 saturated heterocycles. The van der Waals surface area contributed by atoms with E-state index in [0.717, 1.165) is 6.20 Å². The monoisotopic (exact) mass is 291 g/mol. The molecule has 0 aliphatic carbocycles. The highest BCUT2D eigenvalue weighted by molar-refractivity contribution is 5.62. The molecule has 2 rings (SSSR count). The van der Waals surface area contributed by atoms with Gasteiger partial charge in [-0.15, -0.1) is 0 Å². The summed E-state index contributed by atoms with van der Waals surface area (Å²) in [5, 5.41) is 20.6. The zero-order valence-electron chi connectivity index (χ0n) is 10.3. The number of halogens is 3. The van der Waals surface area contributed by atoms with Crippen LogP contribution in [-0.2, 0) is 0 Å². The number of hydrogen-bond donors (Lipinski definition) is 1. The van der Waals surface area contributed by atoms with E-state index >= 15 is 0 Å². The summed E-state index contributed by atoms with van der Waals surface area (Å²) in [6.45, 7) is -0.509. The Hall–Kier alpha value is -1.90. The highest BCUT2D eigenvalue weighted by atomic mass is 19.4. The molecule has 1 unspecified atom stereocenters. The Morgan fingerprint density at radius 3 is 2.80 bits per heavy atom. The lowest BCUT2D eigenvalue weighted by Gasteiger charge is -2.40. The summed E-state index contributed by atoms with van der Waals surface area (Å²) in [5.41, 5.74) is -3.19. The molecule has 1 aliphatic rings. The Bertz CT molecular complexity index is 523. The molecule has 0 aromatic carbocycles. The molecular formula is C11H12F3N3O3. The minimum Gasteiger partial charge on any atom is -0.379 e. The molecule has 0 amide bonds. The molecule has 9 heteroatoms. The molecule has 2 heterocycles. The molecule has 0 spiro atoms. The van der Waals surface area contributed by atoms with Gasteiger partial charge in [-0.1, -0.05) is 0 Å². The van der Waals surface area contributed by atoms with Gasteiger partial charge in [0.2, 0.25) is 0 Å². The fourth-order valence-corrected chi connectivity index (χ4v) is 2.26. The second-order valence-corrected chi connectivity index (χ2v) is 4.68. The fraction of sp³-hybridized carbons (Fsp3) is 0.545.